The zero-order chi connectivity index (χ0) is 17.8. The predicted octanol–water partition coefficient (Wildman–Crippen LogP) is 3.35. The fourth-order valence-electron chi connectivity index (χ4n) is 3.79. The molecule has 0 radical (unpaired) electrons. The van der Waals surface area contributed by atoms with Gasteiger partial charge < -0.3 is 20.1 Å². The number of pyridine rings is 1. The number of benzene rings is 1. The highest BCUT2D eigenvalue weighted by Crippen LogP contribution is 2.25. The van der Waals surface area contributed by atoms with Gasteiger partial charge in [-0.3, -0.25) is 4.90 Å². The molecule has 1 fully saturated rings. The van der Waals surface area contributed by atoms with E-state index in [9.17, 15) is 0 Å². The van der Waals surface area contributed by atoms with E-state index < -0.39 is 0 Å². The molecule has 1 aliphatic heterocycles. The van der Waals surface area contributed by atoms with Gasteiger partial charge in [0.1, 0.15) is 0 Å². The molecule has 3 N–H and O–H groups in total. The minimum absolute atomic E-state index is 0. The van der Waals surface area contributed by atoms with Gasteiger partial charge in [-0.1, -0.05) is 18.2 Å². The molecule has 0 aliphatic carbocycles. The van der Waals surface area contributed by atoms with Crippen molar-refractivity contribution in [3.05, 3.63) is 54.4 Å². The number of aromatic nitrogens is 2. The maximum atomic E-state index is 5.45. The summed E-state index contributed by atoms with van der Waals surface area (Å²) in [5.74, 6) is 1.83. The van der Waals surface area contributed by atoms with Gasteiger partial charge in [0.05, 0.1) is 7.11 Å². The summed E-state index contributed by atoms with van der Waals surface area (Å²) in [6.45, 7) is 5.30. The predicted molar refractivity (Wildman–Crippen MR) is 124 cm³/mol. The van der Waals surface area contributed by atoms with Crippen LogP contribution in [-0.4, -0.2) is 60.2 Å². The van der Waals surface area contributed by atoms with Crippen LogP contribution in [0.5, 0.6) is 5.75 Å². The molecular weight excluding hydrogens is 411 g/mol. The number of aromatic amines is 1. The summed E-state index contributed by atoms with van der Waals surface area (Å²) in [5.41, 5.74) is 2.66. The summed E-state index contributed by atoms with van der Waals surface area (Å²) in [5, 5.41) is 1.36. The van der Waals surface area contributed by atoms with Gasteiger partial charge in [-0.15, -0.1) is 24.8 Å². The fourth-order valence-corrected chi connectivity index (χ4v) is 3.79. The molecular formula is C21H30Cl2N4O2. The van der Waals surface area contributed by atoms with Crippen molar-refractivity contribution in [1.29, 1.82) is 0 Å². The number of rotatable bonds is 6. The molecule has 3 aromatic rings. The summed E-state index contributed by atoms with van der Waals surface area (Å²) < 4.78 is 5.45. The maximum absolute atomic E-state index is 5.45. The van der Waals surface area contributed by atoms with Crippen LogP contribution >= 0.6 is 24.8 Å². The minimum Gasteiger partial charge on any atom is -0.493 e. The number of methoxy groups -OCH3 is 1. The molecule has 2 aromatic heterocycles. The molecule has 160 valence electrons. The summed E-state index contributed by atoms with van der Waals surface area (Å²) in [4.78, 5) is 12.8. The number of piperazine rings is 1. The Kier molecular flexibility index (Phi) is 10.3. The fraction of sp³-hybridized carbons (Fsp3) is 0.381. The van der Waals surface area contributed by atoms with Gasteiger partial charge in [-0.25, -0.2) is 4.98 Å². The Hall–Kier alpha value is -1.99. The molecule has 1 aliphatic rings. The molecule has 29 heavy (non-hydrogen) atoms. The van der Waals surface area contributed by atoms with Crippen molar-refractivity contribution in [3.63, 3.8) is 0 Å². The lowest BCUT2D eigenvalue weighted by atomic mass is 10.1. The van der Waals surface area contributed by atoms with Gasteiger partial charge in [0.25, 0.3) is 0 Å². The number of anilines is 1. The number of ether oxygens (including phenoxy) is 1. The Morgan fingerprint density at radius 2 is 1.79 bits per heavy atom. The van der Waals surface area contributed by atoms with E-state index in [4.69, 9.17) is 4.74 Å². The first kappa shape index (κ1) is 25.0. The normalized spacial score (nSPS) is 13.9. The van der Waals surface area contributed by atoms with Crippen LogP contribution in [0.4, 0.5) is 5.82 Å². The number of fused-ring (bicyclic) bond motifs is 1. The highest BCUT2D eigenvalue weighted by Gasteiger charge is 2.20. The van der Waals surface area contributed by atoms with Crippen molar-refractivity contribution in [2.45, 2.75) is 12.8 Å². The van der Waals surface area contributed by atoms with Gasteiger partial charge in [-0.2, -0.15) is 0 Å². The first-order valence-corrected chi connectivity index (χ1v) is 9.36. The highest BCUT2D eigenvalue weighted by atomic mass is 35.5. The third kappa shape index (κ3) is 5.76. The lowest BCUT2D eigenvalue weighted by Crippen LogP contribution is -2.47. The average molecular weight is 441 g/mol. The Morgan fingerprint density at radius 3 is 2.55 bits per heavy atom. The molecule has 3 heterocycles. The molecule has 0 spiro atoms. The van der Waals surface area contributed by atoms with Crippen molar-refractivity contribution in [3.8, 4) is 5.75 Å². The number of aryl methyl sites for hydroxylation is 1. The first-order chi connectivity index (χ1) is 12.8. The Balaban J connectivity index is 0.00000140. The van der Waals surface area contributed by atoms with Crippen LogP contribution in [0.25, 0.3) is 10.9 Å². The van der Waals surface area contributed by atoms with Crippen LogP contribution in [-0.2, 0) is 6.42 Å². The molecule has 4 rings (SSSR count). The SMILES string of the molecule is COc1cccnc1N1CCN(CCCc2c[nH]c3ccccc23)CC1.Cl.Cl.O. The van der Waals surface area contributed by atoms with Crippen LogP contribution in [0.15, 0.2) is 48.8 Å². The number of hydrogen-bond acceptors (Lipinski definition) is 4. The number of nitrogens with one attached hydrogen (secondary N) is 1. The third-order valence-electron chi connectivity index (χ3n) is 5.24. The summed E-state index contributed by atoms with van der Waals surface area (Å²) in [6, 6.07) is 12.5. The van der Waals surface area contributed by atoms with Crippen LogP contribution in [0.1, 0.15) is 12.0 Å². The van der Waals surface area contributed by atoms with Gasteiger partial charge in [0, 0.05) is 49.5 Å². The van der Waals surface area contributed by atoms with E-state index in [1.807, 2.05) is 18.3 Å². The van der Waals surface area contributed by atoms with Crippen LogP contribution in [0.2, 0.25) is 0 Å². The van der Waals surface area contributed by atoms with Crippen LogP contribution in [0, 0.1) is 0 Å². The summed E-state index contributed by atoms with van der Waals surface area (Å²) in [6.07, 6.45) is 6.31. The molecule has 0 atom stereocenters. The minimum atomic E-state index is 0. The van der Waals surface area contributed by atoms with Crippen molar-refractivity contribution in [2.75, 3.05) is 44.7 Å². The number of H-pyrrole nitrogens is 1. The van der Waals surface area contributed by atoms with E-state index in [2.05, 4.69) is 50.2 Å². The second-order valence-electron chi connectivity index (χ2n) is 6.82. The van der Waals surface area contributed by atoms with E-state index in [0.29, 0.717) is 0 Å². The molecule has 0 amide bonds. The highest BCUT2D eigenvalue weighted by molar-refractivity contribution is 5.85. The Labute approximate surface area is 184 Å². The largest absolute Gasteiger partial charge is 0.493 e. The van der Waals surface area contributed by atoms with Crippen molar-refractivity contribution in [1.82, 2.24) is 14.9 Å². The van der Waals surface area contributed by atoms with Crippen LogP contribution < -0.4 is 9.64 Å². The molecule has 6 nitrogen and oxygen atoms in total. The monoisotopic (exact) mass is 440 g/mol. The van der Waals surface area contributed by atoms with Gasteiger partial charge in [0.2, 0.25) is 0 Å². The van der Waals surface area contributed by atoms with E-state index >= 15 is 0 Å². The van der Waals surface area contributed by atoms with Gasteiger partial charge >= 0.3 is 0 Å². The van der Waals surface area contributed by atoms with E-state index in [0.717, 1.165) is 50.7 Å². The molecule has 8 heteroatoms. The van der Waals surface area contributed by atoms with Crippen molar-refractivity contribution < 1.29 is 10.2 Å². The molecule has 0 saturated carbocycles. The lowest BCUT2D eigenvalue weighted by molar-refractivity contribution is 0.253. The maximum Gasteiger partial charge on any atom is 0.171 e. The van der Waals surface area contributed by atoms with Crippen LogP contribution in [0.3, 0.4) is 0 Å². The van der Waals surface area contributed by atoms with E-state index in [1.54, 1.807) is 7.11 Å². The van der Waals surface area contributed by atoms with E-state index in [-0.39, 0.29) is 30.3 Å². The number of halogens is 2. The molecule has 1 aromatic carbocycles. The summed E-state index contributed by atoms with van der Waals surface area (Å²) in [7, 11) is 1.71. The standard InChI is InChI=1S/C21H26N4O.2ClH.H2O/c1-26-20-9-4-10-22-21(20)25-14-12-24(13-15-25)11-5-6-17-16-23-19-8-3-2-7-18(17)19;;;/h2-4,7-10,16,23H,5-6,11-15H2,1H3;2*1H;1H2. The second-order valence-corrected chi connectivity index (χ2v) is 6.82. The molecule has 1 saturated heterocycles. The smallest absolute Gasteiger partial charge is 0.171 e. The molecule has 0 unspecified atom stereocenters. The summed E-state index contributed by atoms with van der Waals surface area (Å²) >= 11 is 0. The van der Waals surface area contributed by atoms with E-state index in [1.165, 1.54) is 22.9 Å². The zero-order valence-electron chi connectivity index (χ0n) is 16.6. The number of para-hydroxylation sites is 1. The second kappa shape index (κ2) is 11.9. The number of nitrogens with zero attached hydrogens (tertiary/aromatic N) is 3. The topological polar surface area (TPSA) is 75.9 Å². The number of hydrogen-bond donors (Lipinski definition) is 1. The Morgan fingerprint density at radius 1 is 1.03 bits per heavy atom. The third-order valence-corrected chi connectivity index (χ3v) is 5.24. The lowest BCUT2D eigenvalue weighted by Gasteiger charge is -2.35. The van der Waals surface area contributed by atoms with Gasteiger partial charge in [-0.05, 0) is 43.1 Å². The van der Waals surface area contributed by atoms with Crippen molar-refractivity contribution in [2.24, 2.45) is 0 Å². The Bertz CT molecular complexity index is 867. The average Bonchev–Trinajstić information content (AvgIpc) is 3.12. The zero-order valence-corrected chi connectivity index (χ0v) is 18.3. The first-order valence-electron chi connectivity index (χ1n) is 9.36. The van der Waals surface area contributed by atoms with Crippen molar-refractivity contribution >= 4 is 41.5 Å². The van der Waals surface area contributed by atoms with Gasteiger partial charge in [0.15, 0.2) is 11.6 Å². The molecule has 0 bridgehead atoms. The quantitative estimate of drug-likeness (QED) is 0.637.